The molecular formula is C12H15ClN2O2S. The predicted molar refractivity (Wildman–Crippen MR) is 77.3 cm³/mol. The molecule has 0 aromatic heterocycles. The Hall–Kier alpha value is -1.33. The predicted octanol–water partition coefficient (Wildman–Crippen LogP) is 2.82. The van der Waals surface area contributed by atoms with Gasteiger partial charge in [0.2, 0.25) is 0 Å². The molecule has 6 heteroatoms. The van der Waals surface area contributed by atoms with Gasteiger partial charge in [-0.3, -0.25) is 0 Å². The van der Waals surface area contributed by atoms with Gasteiger partial charge in [0.15, 0.2) is 5.11 Å². The van der Waals surface area contributed by atoms with Crippen LogP contribution in [-0.4, -0.2) is 24.2 Å². The van der Waals surface area contributed by atoms with E-state index in [1.54, 1.807) is 25.1 Å². The molecule has 0 aliphatic heterocycles. The molecule has 0 aliphatic rings. The summed E-state index contributed by atoms with van der Waals surface area (Å²) < 4.78 is 4.92. The van der Waals surface area contributed by atoms with Crippen molar-refractivity contribution in [3.05, 3.63) is 28.8 Å². The second kappa shape index (κ2) is 7.18. The SMILES string of the molecule is CCNC(=S)Nc1ccc(Cl)c(C(=O)OCC)c1. The number of thiocarbonyl (C=S) groups is 1. The van der Waals surface area contributed by atoms with E-state index in [0.29, 0.717) is 28.0 Å². The molecule has 1 aromatic rings. The van der Waals surface area contributed by atoms with Crippen LogP contribution in [0.1, 0.15) is 24.2 Å². The molecule has 0 saturated heterocycles. The Bertz CT molecular complexity index is 452. The summed E-state index contributed by atoms with van der Waals surface area (Å²) in [7, 11) is 0. The Balaban J connectivity index is 2.86. The van der Waals surface area contributed by atoms with Gasteiger partial charge in [-0.15, -0.1) is 0 Å². The van der Waals surface area contributed by atoms with E-state index in [1.807, 2.05) is 6.92 Å². The van der Waals surface area contributed by atoms with E-state index < -0.39 is 5.97 Å². The summed E-state index contributed by atoms with van der Waals surface area (Å²) in [4.78, 5) is 11.6. The van der Waals surface area contributed by atoms with Crippen molar-refractivity contribution in [2.45, 2.75) is 13.8 Å². The summed E-state index contributed by atoms with van der Waals surface area (Å²) in [5.41, 5.74) is 1.01. The van der Waals surface area contributed by atoms with Crippen molar-refractivity contribution in [2.24, 2.45) is 0 Å². The minimum atomic E-state index is -0.444. The van der Waals surface area contributed by atoms with Crippen LogP contribution < -0.4 is 10.6 Å². The molecule has 0 heterocycles. The first-order valence-electron chi connectivity index (χ1n) is 5.60. The van der Waals surface area contributed by atoms with Crippen LogP contribution in [0.25, 0.3) is 0 Å². The van der Waals surface area contributed by atoms with Crippen LogP contribution >= 0.6 is 23.8 Å². The van der Waals surface area contributed by atoms with Crippen LogP contribution in [0.5, 0.6) is 0 Å². The number of ether oxygens (including phenoxy) is 1. The van der Waals surface area contributed by atoms with E-state index >= 15 is 0 Å². The van der Waals surface area contributed by atoms with Gasteiger partial charge in [-0.25, -0.2) is 4.79 Å². The van der Waals surface area contributed by atoms with E-state index in [-0.39, 0.29) is 0 Å². The zero-order valence-electron chi connectivity index (χ0n) is 10.2. The smallest absolute Gasteiger partial charge is 0.339 e. The van der Waals surface area contributed by atoms with Gasteiger partial charge in [-0.1, -0.05) is 11.6 Å². The maximum Gasteiger partial charge on any atom is 0.339 e. The van der Waals surface area contributed by atoms with E-state index in [1.165, 1.54) is 0 Å². The first kappa shape index (κ1) is 14.7. The number of carbonyl (C=O) groups is 1. The number of nitrogens with one attached hydrogen (secondary N) is 2. The summed E-state index contributed by atoms with van der Waals surface area (Å²) in [5, 5.41) is 6.76. The Kier molecular flexibility index (Phi) is 5.88. The molecule has 0 radical (unpaired) electrons. The van der Waals surface area contributed by atoms with Gasteiger partial charge in [0.1, 0.15) is 0 Å². The third-order valence-electron chi connectivity index (χ3n) is 2.06. The third kappa shape index (κ3) is 4.16. The maximum absolute atomic E-state index is 11.6. The molecule has 0 fully saturated rings. The molecule has 4 nitrogen and oxygen atoms in total. The van der Waals surface area contributed by atoms with Crippen molar-refractivity contribution in [1.29, 1.82) is 0 Å². The number of benzene rings is 1. The zero-order valence-corrected chi connectivity index (χ0v) is 11.8. The van der Waals surface area contributed by atoms with Gasteiger partial charge < -0.3 is 15.4 Å². The number of hydrogen-bond acceptors (Lipinski definition) is 3. The molecule has 1 aromatic carbocycles. The van der Waals surface area contributed by atoms with E-state index in [9.17, 15) is 4.79 Å². The average Bonchev–Trinajstić information content (AvgIpc) is 2.32. The van der Waals surface area contributed by atoms with Crippen LogP contribution in [0, 0.1) is 0 Å². The minimum absolute atomic E-state index is 0.308. The quantitative estimate of drug-likeness (QED) is 0.658. The molecule has 0 amide bonds. The van der Waals surface area contributed by atoms with E-state index in [4.69, 9.17) is 28.6 Å². The first-order valence-corrected chi connectivity index (χ1v) is 6.38. The summed E-state index contributed by atoms with van der Waals surface area (Å²) in [6.45, 7) is 4.72. The van der Waals surface area contributed by atoms with Crippen molar-refractivity contribution >= 4 is 40.6 Å². The molecule has 2 N–H and O–H groups in total. The molecule has 0 unspecified atom stereocenters. The van der Waals surface area contributed by atoms with E-state index in [0.717, 1.165) is 6.54 Å². The van der Waals surface area contributed by atoms with Crippen LogP contribution in [0.3, 0.4) is 0 Å². The van der Waals surface area contributed by atoms with Crippen LogP contribution in [0.4, 0.5) is 5.69 Å². The summed E-state index contributed by atoms with van der Waals surface area (Å²) in [6.07, 6.45) is 0. The number of hydrogen-bond donors (Lipinski definition) is 2. The third-order valence-corrected chi connectivity index (χ3v) is 2.63. The fourth-order valence-electron chi connectivity index (χ4n) is 1.30. The highest BCUT2D eigenvalue weighted by Gasteiger charge is 2.12. The molecule has 0 saturated carbocycles. The number of esters is 1. The van der Waals surface area contributed by atoms with Gasteiger partial charge in [0.05, 0.1) is 17.2 Å². The Labute approximate surface area is 117 Å². The molecular weight excluding hydrogens is 272 g/mol. The lowest BCUT2D eigenvalue weighted by Crippen LogP contribution is -2.28. The second-order valence-electron chi connectivity index (χ2n) is 3.40. The van der Waals surface area contributed by atoms with Crippen molar-refractivity contribution in [1.82, 2.24) is 5.32 Å². The molecule has 0 atom stereocenters. The van der Waals surface area contributed by atoms with Crippen molar-refractivity contribution in [3.63, 3.8) is 0 Å². The first-order chi connectivity index (χ1) is 8.58. The van der Waals surface area contributed by atoms with Gasteiger partial charge in [0, 0.05) is 12.2 Å². The molecule has 98 valence electrons. The van der Waals surface area contributed by atoms with Crippen LogP contribution in [0.15, 0.2) is 18.2 Å². The fraction of sp³-hybridized carbons (Fsp3) is 0.333. The highest BCUT2D eigenvalue weighted by molar-refractivity contribution is 7.80. The van der Waals surface area contributed by atoms with Crippen LogP contribution in [0.2, 0.25) is 5.02 Å². The average molecular weight is 287 g/mol. The summed E-state index contributed by atoms with van der Waals surface area (Å²) in [6, 6.07) is 4.99. The van der Waals surface area contributed by atoms with Gasteiger partial charge in [0.25, 0.3) is 0 Å². The van der Waals surface area contributed by atoms with Gasteiger partial charge >= 0.3 is 5.97 Å². The molecule has 0 bridgehead atoms. The summed E-state index contributed by atoms with van der Waals surface area (Å²) in [5.74, 6) is -0.444. The maximum atomic E-state index is 11.6. The lowest BCUT2D eigenvalue weighted by molar-refractivity contribution is 0.0526. The Morgan fingerprint density at radius 2 is 2.17 bits per heavy atom. The lowest BCUT2D eigenvalue weighted by atomic mass is 10.2. The molecule has 1 rings (SSSR count). The number of halogens is 1. The number of rotatable bonds is 4. The minimum Gasteiger partial charge on any atom is -0.462 e. The monoisotopic (exact) mass is 286 g/mol. The van der Waals surface area contributed by atoms with Gasteiger partial charge in [-0.05, 0) is 44.3 Å². The molecule has 18 heavy (non-hydrogen) atoms. The Morgan fingerprint density at radius 1 is 1.44 bits per heavy atom. The number of anilines is 1. The largest absolute Gasteiger partial charge is 0.462 e. The van der Waals surface area contributed by atoms with Gasteiger partial charge in [-0.2, -0.15) is 0 Å². The number of carbonyl (C=O) groups excluding carboxylic acids is 1. The summed E-state index contributed by atoms with van der Waals surface area (Å²) >= 11 is 11.0. The fourth-order valence-corrected chi connectivity index (χ4v) is 1.76. The highest BCUT2D eigenvalue weighted by Crippen LogP contribution is 2.21. The van der Waals surface area contributed by atoms with Crippen molar-refractivity contribution in [2.75, 3.05) is 18.5 Å². The van der Waals surface area contributed by atoms with Crippen molar-refractivity contribution in [3.8, 4) is 0 Å². The highest BCUT2D eigenvalue weighted by atomic mass is 35.5. The molecule has 0 spiro atoms. The Morgan fingerprint density at radius 3 is 2.78 bits per heavy atom. The van der Waals surface area contributed by atoms with Crippen LogP contribution in [-0.2, 0) is 4.74 Å². The molecule has 0 aliphatic carbocycles. The van der Waals surface area contributed by atoms with E-state index in [2.05, 4.69) is 10.6 Å². The second-order valence-corrected chi connectivity index (χ2v) is 4.21. The van der Waals surface area contributed by atoms with Crippen molar-refractivity contribution < 1.29 is 9.53 Å². The normalized spacial score (nSPS) is 9.72. The standard InChI is InChI=1S/C12H15ClN2O2S/c1-3-14-12(18)15-8-5-6-10(13)9(7-8)11(16)17-4-2/h5-7H,3-4H2,1-2H3,(H2,14,15,18). The lowest BCUT2D eigenvalue weighted by Gasteiger charge is -2.10. The topological polar surface area (TPSA) is 50.4 Å². The zero-order chi connectivity index (χ0) is 13.5.